The summed E-state index contributed by atoms with van der Waals surface area (Å²) in [5.74, 6) is -1.79. The van der Waals surface area contributed by atoms with Crippen LogP contribution in [-0.4, -0.2) is 27.6 Å². The lowest BCUT2D eigenvalue weighted by molar-refractivity contribution is -0.154. The molecule has 0 spiro atoms. The van der Waals surface area contributed by atoms with Gasteiger partial charge in [0.05, 0.1) is 12.0 Å². The van der Waals surface area contributed by atoms with Gasteiger partial charge in [-0.25, -0.2) is 4.79 Å². The minimum Gasteiger partial charge on any atom is -0.478 e. The molecule has 0 atom stereocenters. The summed E-state index contributed by atoms with van der Waals surface area (Å²) in [6.45, 7) is 5.12. The van der Waals surface area contributed by atoms with Crippen LogP contribution < -0.4 is 5.56 Å². The summed E-state index contributed by atoms with van der Waals surface area (Å²) in [4.78, 5) is 36.0. The molecule has 6 heteroatoms. The summed E-state index contributed by atoms with van der Waals surface area (Å²) >= 11 is 0. The first-order valence-electron chi connectivity index (χ1n) is 5.36. The van der Waals surface area contributed by atoms with Crippen molar-refractivity contribution in [2.45, 2.75) is 32.8 Å². The molecule has 1 rings (SSSR count). The predicted octanol–water partition coefficient (Wildman–Crippen LogP) is 0.957. The van der Waals surface area contributed by atoms with Gasteiger partial charge in [0.25, 0.3) is 0 Å². The maximum absolute atomic E-state index is 11.6. The van der Waals surface area contributed by atoms with Crippen LogP contribution in [0.5, 0.6) is 0 Å². The fourth-order valence-electron chi connectivity index (χ4n) is 1.38. The number of ether oxygens (including phenoxy) is 1. The van der Waals surface area contributed by atoms with Crippen LogP contribution in [0, 0.1) is 0 Å². The highest BCUT2D eigenvalue weighted by atomic mass is 16.6. The van der Waals surface area contributed by atoms with Crippen molar-refractivity contribution < 1.29 is 19.4 Å². The third kappa shape index (κ3) is 4.04. The second-order valence-corrected chi connectivity index (χ2v) is 4.78. The summed E-state index contributed by atoms with van der Waals surface area (Å²) < 4.78 is 5.06. The van der Waals surface area contributed by atoms with E-state index in [1.807, 2.05) is 0 Å². The number of H-pyrrole nitrogens is 1. The molecule has 1 aromatic heterocycles. The average molecular weight is 253 g/mol. The molecule has 0 aliphatic heterocycles. The smallest absolute Gasteiger partial charge is 0.337 e. The second-order valence-electron chi connectivity index (χ2n) is 4.78. The number of carboxylic acid groups (broad SMARTS) is 1. The van der Waals surface area contributed by atoms with Crippen LogP contribution in [0.4, 0.5) is 0 Å². The molecule has 6 nitrogen and oxygen atoms in total. The van der Waals surface area contributed by atoms with E-state index in [0.29, 0.717) is 0 Å². The molecule has 18 heavy (non-hydrogen) atoms. The topological polar surface area (TPSA) is 96.5 Å². The molecule has 2 N–H and O–H groups in total. The zero-order valence-corrected chi connectivity index (χ0v) is 10.4. The number of carbonyl (C=O) groups excluding carboxylic acids is 1. The maximum atomic E-state index is 11.6. The van der Waals surface area contributed by atoms with Crippen LogP contribution in [-0.2, 0) is 16.0 Å². The van der Waals surface area contributed by atoms with E-state index in [-0.39, 0.29) is 17.7 Å². The normalized spacial score (nSPS) is 11.1. The SMILES string of the molecule is CC(C)(C)OC(=O)Cc1[nH]c(=O)ccc1C(=O)O. The zero-order chi connectivity index (χ0) is 13.9. The van der Waals surface area contributed by atoms with Gasteiger partial charge in [-0.15, -0.1) is 0 Å². The number of aromatic amines is 1. The van der Waals surface area contributed by atoms with Crippen molar-refractivity contribution in [2.75, 3.05) is 0 Å². The Labute approximate surface area is 104 Å². The van der Waals surface area contributed by atoms with Gasteiger partial charge < -0.3 is 14.8 Å². The van der Waals surface area contributed by atoms with Crippen molar-refractivity contribution >= 4 is 11.9 Å². The van der Waals surface area contributed by atoms with E-state index in [1.54, 1.807) is 20.8 Å². The Hall–Kier alpha value is -2.11. The van der Waals surface area contributed by atoms with Gasteiger partial charge in [-0.2, -0.15) is 0 Å². The van der Waals surface area contributed by atoms with Crippen molar-refractivity contribution in [1.82, 2.24) is 4.98 Å². The summed E-state index contributed by atoms with van der Waals surface area (Å²) in [6.07, 6.45) is -0.283. The fourth-order valence-corrected chi connectivity index (χ4v) is 1.38. The van der Waals surface area contributed by atoms with Gasteiger partial charge in [-0.1, -0.05) is 0 Å². The molecule has 0 saturated heterocycles. The molecule has 0 aromatic carbocycles. The summed E-state index contributed by atoms with van der Waals surface area (Å²) in [5, 5.41) is 8.93. The van der Waals surface area contributed by atoms with Crippen LogP contribution in [0.3, 0.4) is 0 Å². The highest BCUT2D eigenvalue weighted by Gasteiger charge is 2.19. The Morgan fingerprint density at radius 2 is 1.94 bits per heavy atom. The number of carbonyl (C=O) groups is 2. The number of nitrogens with one attached hydrogen (secondary N) is 1. The van der Waals surface area contributed by atoms with Gasteiger partial charge in [-0.05, 0) is 26.8 Å². The molecule has 0 radical (unpaired) electrons. The van der Waals surface area contributed by atoms with Gasteiger partial charge in [0.1, 0.15) is 5.60 Å². The number of hydrogen-bond acceptors (Lipinski definition) is 4. The monoisotopic (exact) mass is 253 g/mol. The van der Waals surface area contributed by atoms with E-state index in [0.717, 1.165) is 6.07 Å². The number of pyridine rings is 1. The van der Waals surface area contributed by atoms with Gasteiger partial charge in [-0.3, -0.25) is 9.59 Å². The standard InChI is InChI=1S/C12H15NO5/c1-12(2,3)18-10(15)6-8-7(11(16)17)4-5-9(14)13-8/h4-5H,6H2,1-3H3,(H,13,14)(H,16,17). The zero-order valence-electron chi connectivity index (χ0n) is 10.4. The lowest BCUT2D eigenvalue weighted by Crippen LogP contribution is -2.26. The van der Waals surface area contributed by atoms with E-state index >= 15 is 0 Å². The minimum absolute atomic E-state index is 0.0456. The summed E-state index contributed by atoms with van der Waals surface area (Å²) in [5.41, 5.74) is -1.18. The summed E-state index contributed by atoms with van der Waals surface area (Å²) in [7, 11) is 0. The van der Waals surface area contributed by atoms with Crippen molar-refractivity contribution in [2.24, 2.45) is 0 Å². The predicted molar refractivity (Wildman–Crippen MR) is 63.6 cm³/mol. The van der Waals surface area contributed by atoms with E-state index in [1.165, 1.54) is 6.07 Å². The van der Waals surface area contributed by atoms with Crippen molar-refractivity contribution in [3.63, 3.8) is 0 Å². The first-order valence-corrected chi connectivity index (χ1v) is 5.36. The number of esters is 1. The molecule has 0 aliphatic rings. The lowest BCUT2D eigenvalue weighted by atomic mass is 10.1. The van der Waals surface area contributed by atoms with E-state index in [4.69, 9.17) is 9.84 Å². The van der Waals surface area contributed by atoms with Crippen molar-refractivity contribution in [3.05, 3.63) is 33.7 Å². The van der Waals surface area contributed by atoms with Gasteiger partial charge in [0.15, 0.2) is 0 Å². The largest absolute Gasteiger partial charge is 0.478 e. The molecule has 98 valence electrons. The Bertz CT molecular complexity index is 524. The molecule has 1 aromatic rings. The molecular weight excluding hydrogens is 238 g/mol. The number of aromatic nitrogens is 1. The maximum Gasteiger partial charge on any atom is 0.337 e. The number of aromatic carboxylic acids is 1. The van der Waals surface area contributed by atoms with Gasteiger partial charge in [0, 0.05) is 11.8 Å². The van der Waals surface area contributed by atoms with Gasteiger partial charge >= 0.3 is 11.9 Å². The third-order valence-corrected chi connectivity index (χ3v) is 1.97. The molecule has 1 heterocycles. The molecular formula is C12H15NO5. The minimum atomic E-state index is -1.20. The van der Waals surface area contributed by atoms with Crippen LogP contribution >= 0.6 is 0 Å². The molecule has 0 bridgehead atoms. The first-order chi connectivity index (χ1) is 8.19. The Balaban J connectivity index is 2.96. The lowest BCUT2D eigenvalue weighted by Gasteiger charge is -2.19. The molecule has 0 fully saturated rings. The molecule has 0 amide bonds. The van der Waals surface area contributed by atoms with E-state index in [2.05, 4.69) is 4.98 Å². The van der Waals surface area contributed by atoms with Crippen molar-refractivity contribution in [3.8, 4) is 0 Å². The average Bonchev–Trinajstić information content (AvgIpc) is 2.13. The number of carboxylic acids is 1. The van der Waals surface area contributed by atoms with Gasteiger partial charge in [0.2, 0.25) is 5.56 Å². The molecule has 0 unspecified atom stereocenters. The molecule has 0 saturated carbocycles. The highest BCUT2D eigenvalue weighted by molar-refractivity contribution is 5.90. The van der Waals surface area contributed by atoms with E-state index < -0.39 is 23.1 Å². The van der Waals surface area contributed by atoms with Crippen LogP contribution in [0.15, 0.2) is 16.9 Å². The second kappa shape index (κ2) is 5.03. The third-order valence-electron chi connectivity index (χ3n) is 1.97. The van der Waals surface area contributed by atoms with Crippen LogP contribution in [0.1, 0.15) is 36.8 Å². The number of rotatable bonds is 3. The van der Waals surface area contributed by atoms with Crippen LogP contribution in [0.2, 0.25) is 0 Å². The Morgan fingerprint density at radius 3 is 2.44 bits per heavy atom. The summed E-state index contributed by atoms with van der Waals surface area (Å²) in [6, 6.07) is 2.27. The highest BCUT2D eigenvalue weighted by Crippen LogP contribution is 2.11. The quantitative estimate of drug-likeness (QED) is 0.782. The number of hydrogen-bond donors (Lipinski definition) is 2. The molecule has 0 aliphatic carbocycles. The van der Waals surface area contributed by atoms with Crippen LogP contribution in [0.25, 0.3) is 0 Å². The van der Waals surface area contributed by atoms with E-state index in [9.17, 15) is 14.4 Å². The Kier molecular flexibility index (Phi) is 3.90. The van der Waals surface area contributed by atoms with Crippen molar-refractivity contribution in [1.29, 1.82) is 0 Å². The fraction of sp³-hybridized carbons (Fsp3) is 0.417. The Morgan fingerprint density at radius 1 is 1.33 bits per heavy atom. The first kappa shape index (κ1) is 14.0.